The monoisotopic (exact) mass is 310 g/mol. The van der Waals surface area contributed by atoms with Crippen LogP contribution in [0.25, 0.3) is 10.9 Å². The van der Waals surface area contributed by atoms with Crippen molar-refractivity contribution in [1.29, 1.82) is 0 Å². The van der Waals surface area contributed by atoms with Crippen LogP contribution in [0.5, 0.6) is 11.5 Å². The normalized spacial score (nSPS) is 10.8. The Morgan fingerprint density at radius 1 is 1.19 bits per heavy atom. The maximum Gasteiger partial charge on any atom is 0.262 e. The van der Waals surface area contributed by atoms with Gasteiger partial charge in [-0.05, 0) is 24.7 Å². The van der Waals surface area contributed by atoms with E-state index in [4.69, 9.17) is 26.4 Å². The fourth-order valence-corrected chi connectivity index (χ4v) is 2.43. The second-order valence-electron chi connectivity index (χ2n) is 4.49. The minimum Gasteiger partial charge on any atom is -0.493 e. The minimum atomic E-state index is -0.147. The van der Waals surface area contributed by atoms with Gasteiger partial charge in [-0.1, -0.05) is 0 Å². The van der Waals surface area contributed by atoms with E-state index in [0.29, 0.717) is 46.7 Å². The average molecular weight is 310 g/mol. The summed E-state index contributed by atoms with van der Waals surface area (Å²) in [6, 6.07) is 3.37. The Morgan fingerprint density at radius 3 is 2.48 bits per heavy atom. The number of hydrogen-bond acceptors (Lipinski definition) is 5. The summed E-state index contributed by atoms with van der Waals surface area (Å²) >= 11 is 5.25. The van der Waals surface area contributed by atoms with Crippen LogP contribution in [-0.2, 0) is 11.3 Å². The minimum absolute atomic E-state index is 0.147. The zero-order valence-electron chi connectivity index (χ0n) is 12.3. The molecule has 2 rings (SSSR count). The highest BCUT2D eigenvalue weighted by molar-refractivity contribution is 7.71. The molecule has 21 heavy (non-hydrogen) atoms. The summed E-state index contributed by atoms with van der Waals surface area (Å²) < 4.78 is 17.4. The van der Waals surface area contributed by atoms with Gasteiger partial charge in [-0.25, -0.2) is 0 Å². The van der Waals surface area contributed by atoms with Crippen molar-refractivity contribution >= 4 is 23.1 Å². The lowest BCUT2D eigenvalue weighted by molar-refractivity contribution is 0.189. The van der Waals surface area contributed by atoms with E-state index in [-0.39, 0.29) is 5.56 Å². The van der Waals surface area contributed by atoms with Gasteiger partial charge in [-0.15, -0.1) is 0 Å². The zero-order valence-corrected chi connectivity index (χ0v) is 13.1. The smallest absolute Gasteiger partial charge is 0.262 e. The van der Waals surface area contributed by atoms with Crippen molar-refractivity contribution in [3.63, 3.8) is 0 Å². The largest absolute Gasteiger partial charge is 0.493 e. The predicted molar refractivity (Wildman–Crippen MR) is 83.0 cm³/mol. The Kier molecular flexibility index (Phi) is 4.98. The van der Waals surface area contributed by atoms with Crippen LogP contribution in [0.2, 0.25) is 0 Å². The molecule has 1 aromatic heterocycles. The third-order valence-corrected chi connectivity index (χ3v) is 3.54. The number of hydrogen-bond donors (Lipinski definition) is 1. The number of fused-ring (bicyclic) bond motifs is 1. The van der Waals surface area contributed by atoms with Crippen molar-refractivity contribution in [2.45, 2.75) is 13.0 Å². The van der Waals surface area contributed by atoms with E-state index >= 15 is 0 Å². The standard InChI is InChI=1S/C14H18N2O4S/c1-18-6-4-5-16-13(17)9-7-11(19-2)12(20-3)8-10(9)15-14(16)21/h7-8H,4-6H2,1-3H3,(H,15,21). The van der Waals surface area contributed by atoms with Gasteiger partial charge in [0.05, 0.1) is 25.1 Å². The second-order valence-corrected chi connectivity index (χ2v) is 4.87. The Balaban J connectivity index is 2.59. The molecule has 114 valence electrons. The first kappa shape index (κ1) is 15.5. The Bertz CT molecular complexity index is 751. The highest BCUT2D eigenvalue weighted by Gasteiger charge is 2.11. The summed E-state index contributed by atoms with van der Waals surface area (Å²) in [5.74, 6) is 1.06. The number of benzene rings is 1. The van der Waals surface area contributed by atoms with Crippen molar-refractivity contribution in [1.82, 2.24) is 9.55 Å². The van der Waals surface area contributed by atoms with Gasteiger partial charge in [0, 0.05) is 26.3 Å². The molecule has 1 heterocycles. The SMILES string of the molecule is COCCCn1c(=S)[nH]c2cc(OC)c(OC)cc2c1=O. The van der Waals surface area contributed by atoms with Gasteiger partial charge in [0.2, 0.25) is 0 Å². The molecule has 0 unspecified atom stereocenters. The summed E-state index contributed by atoms with van der Waals surface area (Å²) in [7, 11) is 4.71. The van der Waals surface area contributed by atoms with Gasteiger partial charge >= 0.3 is 0 Å². The second kappa shape index (κ2) is 6.73. The number of aromatic amines is 1. The van der Waals surface area contributed by atoms with Crippen molar-refractivity contribution in [2.24, 2.45) is 0 Å². The van der Waals surface area contributed by atoms with E-state index in [0.717, 1.165) is 0 Å². The molecule has 0 spiro atoms. The van der Waals surface area contributed by atoms with E-state index in [1.807, 2.05) is 0 Å². The summed E-state index contributed by atoms with van der Waals surface area (Å²) in [6.45, 7) is 1.08. The molecule has 0 bridgehead atoms. The first-order chi connectivity index (χ1) is 10.1. The molecule has 0 atom stereocenters. The molecule has 0 aliphatic heterocycles. The molecule has 7 heteroatoms. The van der Waals surface area contributed by atoms with Crippen LogP contribution < -0.4 is 15.0 Å². The molecular formula is C14H18N2O4S. The van der Waals surface area contributed by atoms with E-state index in [1.165, 1.54) is 11.7 Å². The van der Waals surface area contributed by atoms with Crippen molar-refractivity contribution in [2.75, 3.05) is 27.9 Å². The van der Waals surface area contributed by atoms with Crippen LogP contribution in [-0.4, -0.2) is 37.5 Å². The summed E-state index contributed by atoms with van der Waals surface area (Å²) in [5.41, 5.74) is 0.483. The molecule has 1 aromatic carbocycles. The Hall–Kier alpha value is -1.86. The molecule has 2 aromatic rings. The molecule has 1 N–H and O–H groups in total. The lowest BCUT2D eigenvalue weighted by Crippen LogP contribution is -2.23. The topological polar surface area (TPSA) is 65.5 Å². The first-order valence-electron chi connectivity index (χ1n) is 6.50. The highest BCUT2D eigenvalue weighted by atomic mass is 32.1. The quantitative estimate of drug-likeness (QED) is 0.654. The molecule has 6 nitrogen and oxygen atoms in total. The van der Waals surface area contributed by atoms with Crippen molar-refractivity contribution < 1.29 is 14.2 Å². The number of aromatic nitrogens is 2. The van der Waals surface area contributed by atoms with Crippen LogP contribution in [0, 0.1) is 4.77 Å². The van der Waals surface area contributed by atoms with Crippen molar-refractivity contribution in [3.05, 3.63) is 27.3 Å². The van der Waals surface area contributed by atoms with E-state index in [2.05, 4.69) is 4.98 Å². The van der Waals surface area contributed by atoms with Crippen LogP contribution in [0.3, 0.4) is 0 Å². The van der Waals surface area contributed by atoms with Gasteiger partial charge in [0.1, 0.15) is 0 Å². The third kappa shape index (κ3) is 3.08. The average Bonchev–Trinajstić information content (AvgIpc) is 2.49. The van der Waals surface area contributed by atoms with Gasteiger partial charge in [-0.2, -0.15) is 0 Å². The lowest BCUT2D eigenvalue weighted by atomic mass is 10.2. The lowest BCUT2D eigenvalue weighted by Gasteiger charge is -2.11. The maximum absolute atomic E-state index is 12.6. The first-order valence-corrected chi connectivity index (χ1v) is 6.91. The van der Waals surface area contributed by atoms with Gasteiger partial charge in [-0.3, -0.25) is 9.36 Å². The number of rotatable bonds is 6. The zero-order chi connectivity index (χ0) is 15.4. The predicted octanol–water partition coefficient (Wildman–Crippen LogP) is 2.11. The molecule has 0 aliphatic rings. The Labute approximate surface area is 127 Å². The third-order valence-electron chi connectivity index (χ3n) is 3.22. The van der Waals surface area contributed by atoms with Gasteiger partial charge < -0.3 is 19.2 Å². The number of ether oxygens (including phenoxy) is 3. The summed E-state index contributed by atoms with van der Waals surface area (Å²) in [5, 5.41) is 0.513. The van der Waals surface area contributed by atoms with Crippen LogP contribution in [0.1, 0.15) is 6.42 Å². The van der Waals surface area contributed by atoms with Gasteiger partial charge in [0.25, 0.3) is 5.56 Å². The van der Waals surface area contributed by atoms with Crippen molar-refractivity contribution in [3.8, 4) is 11.5 Å². The fourth-order valence-electron chi connectivity index (χ4n) is 2.15. The van der Waals surface area contributed by atoms with E-state index in [1.54, 1.807) is 26.4 Å². The molecule has 0 fully saturated rings. The summed E-state index contributed by atoms with van der Waals surface area (Å²) in [4.78, 5) is 15.6. The number of H-pyrrole nitrogens is 1. The maximum atomic E-state index is 12.6. The number of methoxy groups -OCH3 is 3. The highest BCUT2D eigenvalue weighted by Crippen LogP contribution is 2.29. The van der Waals surface area contributed by atoms with E-state index in [9.17, 15) is 4.79 Å². The van der Waals surface area contributed by atoms with Gasteiger partial charge in [0.15, 0.2) is 16.3 Å². The van der Waals surface area contributed by atoms with Crippen LogP contribution in [0.4, 0.5) is 0 Å². The number of nitrogens with one attached hydrogen (secondary N) is 1. The molecule has 0 saturated heterocycles. The fraction of sp³-hybridized carbons (Fsp3) is 0.429. The summed E-state index contributed by atoms with van der Waals surface area (Å²) in [6.07, 6.45) is 0.715. The molecule has 0 amide bonds. The van der Waals surface area contributed by atoms with Crippen LogP contribution in [0.15, 0.2) is 16.9 Å². The Morgan fingerprint density at radius 2 is 1.86 bits per heavy atom. The molecular weight excluding hydrogens is 292 g/mol. The molecule has 0 aliphatic carbocycles. The van der Waals surface area contributed by atoms with Crippen LogP contribution >= 0.6 is 12.2 Å². The molecule has 0 radical (unpaired) electrons. The molecule has 0 saturated carbocycles. The number of nitrogens with zero attached hydrogens (tertiary/aromatic N) is 1. The van der Waals surface area contributed by atoms with E-state index < -0.39 is 0 Å².